The topological polar surface area (TPSA) is 24.9 Å². The second-order valence-electron chi connectivity index (χ2n) is 4.08. The number of nitrogens with zero attached hydrogens (tertiary/aromatic N) is 1. The van der Waals surface area contributed by atoms with Crippen LogP contribution in [0.5, 0.6) is 0 Å². The van der Waals surface area contributed by atoms with Gasteiger partial charge in [0, 0.05) is 16.4 Å². The van der Waals surface area contributed by atoms with Crippen LogP contribution in [0, 0.1) is 13.8 Å². The van der Waals surface area contributed by atoms with E-state index in [1.54, 1.807) is 0 Å². The highest BCUT2D eigenvalue weighted by Gasteiger charge is 2.01. The molecule has 0 atom stereocenters. The molecule has 0 aliphatic carbocycles. The van der Waals surface area contributed by atoms with Gasteiger partial charge in [-0.3, -0.25) is 4.98 Å². The third kappa shape index (κ3) is 3.07. The molecule has 88 valence electrons. The number of benzene rings is 1. The number of halogens is 1. The zero-order valence-electron chi connectivity index (χ0n) is 10.00. The molecule has 1 N–H and O–H groups in total. The quantitative estimate of drug-likeness (QED) is 0.922. The van der Waals surface area contributed by atoms with Crippen molar-refractivity contribution >= 4 is 21.6 Å². The summed E-state index contributed by atoms with van der Waals surface area (Å²) in [5.74, 6) is 0. The minimum Gasteiger partial charge on any atom is -0.379 e. The molecule has 0 radical (unpaired) electrons. The van der Waals surface area contributed by atoms with Crippen LogP contribution in [0.1, 0.15) is 16.8 Å². The Kier molecular flexibility index (Phi) is 3.79. The van der Waals surface area contributed by atoms with Crippen molar-refractivity contribution in [3.05, 3.63) is 57.8 Å². The maximum absolute atomic E-state index is 4.37. The minimum absolute atomic E-state index is 0.754. The van der Waals surface area contributed by atoms with Crippen LogP contribution < -0.4 is 5.32 Å². The lowest BCUT2D eigenvalue weighted by atomic mass is 10.2. The summed E-state index contributed by atoms with van der Waals surface area (Å²) in [5, 5.41) is 3.42. The third-order valence-corrected chi connectivity index (χ3v) is 3.26. The standard InChI is InChI=1S/C14H15BrN2/c1-10-4-3-7-16-14(10)9-17-13-8-12(15)6-5-11(13)2/h3-8,17H,9H2,1-2H3. The molecule has 0 bridgehead atoms. The van der Waals surface area contributed by atoms with E-state index < -0.39 is 0 Å². The lowest BCUT2D eigenvalue weighted by molar-refractivity contribution is 1.01. The summed E-state index contributed by atoms with van der Waals surface area (Å²) in [6.07, 6.45) is 1.83. The maximum Gasteiger partial charge on any atom is 0.0623 e. The van der Waals surface area contributed by atoms with Gasteiger partial charge in [0.1, 0.15) is 0 Å². The molecule has 0 saturated carbocycles. The van der Waals surface area contributed by atoms with Crippen molar-refractivity contribution in [1.82, 2.24) is 4.98 Å². The van der Waals surface area contributed by atoms with Crippen LogP contribution in [0.2, 0.25) is 0 Å². The Morgan fingerprint density at radius 3 is 2.76 bits per heavy atom. The van der Waals surface area contributed by atoms with E-state index in [-0.39, 0.29) is 0 Å². The molecule has 0 aliphatic heterocycles. The number of hydrogen-bond acceptors (Lipinski definition) is 2. The van der Waals surface area contributed by atoms with E-state index >= 15 is 0 Å². The van der Waals surface area contributed by atoms with Gasteiger partial charge in [-0.2, -0.15) is 0 Å². The van der Waals surface area contributed by atoms with Gasteiger partial charge in [-0.25, -0.2) is 0 Å². The van der Waals surface area contributed by atoms with Gasteiger partial charge in [-0.05, 0) is 43.2 Å². The fourth-order valence-electron chi connectivity index (χ4n) is 1.67. The highest BCUT2D eigenvalue weighted by molar-refractivity contribution is 9.10. The van der Waals surface area contributed by atoms with Crippen LogP contribution in [0.3, 0.4) is 0 Å². The fraction of sp³-hybridized carbons (Fsp3) is 0.214. The largest absolute Gasteiger partial charge is 0.379 e. The van der Waals surface area contributed by atoms with Crippen molar-refractivity contribution in [1.29, 1.82) is 0 Å². The Morgan fingerprint density at radius 2 is 2.00 bits per heavy atom. The SMILES string of the molecule is Cc1ccc(Br)cc1NCc1ncccc1C. The first-order valence-electron chi connectivity index (χ1n) is 5.57. The molecule has 0 spiro atoms. The van der Waals surface area contributed by atoms with E-state index in [2.05, 4.69) is 58.3 Å². The average molecular weight is 291 g/mol. The van der Waals surface area contributed by atoms with E-state index in [4.69, 9.17) is 0 Å². The first-order chi connectivity index (χ1) is 8.16. The van der Waals surface area contributed by atoms with Crippen LogP contribution in [-0.2, 0) is 6.54 Å². The Hall–Kier alpha value is -1.35. The van der Waals surface area contributed by atoms with Gasteiger partial charge in [0.25, 0.3) is 0 Å². The second-order valence-corrected chi connectivity index (χ2v) is 5.00. The van der Waals surface area contributed by atoms with E-state index in [1.807, 2.05) is 18.3 Å². The number of aryl methyl sites for hydroxylation is 2. The Bertz CT molecular complexity index is 523. The van der Waals surface area contributed by atoms with Crippen molar-refractivity contribution in [2.75, 3.05) is 5.32 Å². The van der Waals surface area contributed by atoms with Crippen molar-refractivity contribution in [2.45, 2.75) is 20.4 Å². The van der Waals surface area contributed by atoms with E-state index in [0.717, 1.165) is 22.4 Å². The van der Waals surface area contributed by atoms with Crippen molar-refractivity contribution in [3.8, 4) is 0 Å². The molecule has 0 aliphatic rings. The van der Waals surface area contributed by atoms with Crippen LogP contribution in [0.25, 0.3) is 0 Å². The van der Waals surface area contributed by atoms with Gasteiger partial charge in [0.15, 0.2) is 0 Å². The first-order valence-corrected chi connectivity index (χ1v) is 6.36. The summed E-state index contributed by atoms with van der Waals surface area (Å²) in [6, 6.07) is 10.3. The summed E-state index contributed by atoms with van der Waals surface area (Å²) < 4.78 is 1.09. The molecule has 0 unspecified atom stereocenters. The highest BCUT2D eigenvalue weighted by atomic mass is 79.9. The summed E-state index contributed by atoms with van der Waals surface area (Å²) in [7, 11) is 0. The first kappa shape index (κ1) is 12.1. The lowest BCUT2D eigenvalue weighted by Crippen LogP contribution is -2.04. The van der Waals surface area contributed by atoms with Crippen LogP contribution in [0.4, 0.5) is 5.69 Å². The highest BCUT2D eigenvalue weighted by Crippen LogP contribution is 2.21. The predicted octanol–water partition coefficient (Wildman–Crippen LogP) is 4.07. The van der Waals surface area contributed by atoms with Gasteiger partial charge >= 0.3 is 0 Å². The average Bonchev–Trinajstić information content (AvgIpc) is 2.32. The second kappa shape index (κ2) is 5.32. The molecule has 0 saturated heterocycles. The summed E-state index contributed by atoms with van der Waals surface area (Å²) in [4.78, 5) is 4.37. The zero-order valence-corrected chi connectivity index (χ0v) is 11.6. The summed E-state index contributed by atoms with van der Waals surface area (Å²) >= 11 is 3.48. The number of aromatic nitrogens is 1. The van der Waals surface area contributed by atoms with Gasteiger partial charge < -0.3 is 5.32 Å². The van der Waals surface area contributed by atoms with Crippen LogP contribution in [0.15, 0.2) is 41.0 Å². The molecule has 1 aromatic heterocycles. The molecule has 0 fully saturated rings. The maximum atomic E-state index is 4.37. The normalized spacial score (nSPS) is 10.3. The van der Waals surface area contributed by atoms with E-state index in [0.29, 0.717) is 0 Å². The van der Waals surface area contributed by atoms with E-state index in [9.17, 15) is 0 Å². The Balaban J connectivity index is 2.12. The number of pyridine rings is 1. The van der Waals surface area contributed by atoms with Crippen molar-refractivity contribution in [2.24, 2.45) is 0 Å². The molecule has 2 aromatic rings. The molecule has 17 heavy (non-hydrogen) atoms. The smallest absolute Gasteiger partial charge is 0.0623 e. The predicted molar refractivity (Wildman–Crippen MR) is 75.2 cm³/mol. The molecule has 1 aromatic carbocycles. The van der Waals surface area contributed by atoms with Gasteiger partial charge in [-0.15, -0.1) is 0 Å². The number of anilines is 1. The summed E-state index contributed by atoms with van der Waals surface area (Å²) in [5.41, 5.74) is 4.69. The van der Waals surface area contributed by atoms with Gasteiger partial charge in [0.2, 0.25) is 0 Å². The number of rotatable bonds is 3. The monoisotopic (exact) mass is 290 g/mol. The molecular formula is C14H15BrN2. The van der Waals surface area contributed by atoms with Crippen molar-refractivity contribution < 1.29 is 0 Å². The van der Waals surface area contributed by atoms with Gasteiger partial charge in [0.05, 0.1) is 12.2 Å². The number of nitrogens with one attached hydrogen (secondary N) is 1. The van der Waals surface area contributed by atoms with Crippen LogP contribution in [-0.4, -0.2) is 4.98 Å². The lowest BCUT2D eigenvalue weighted by Gasteiger charge is -2.10. The number of hydrogen-bond donors (Lipinski definition) is 1. The Labute approximate surface area is 110 Å². The zero-order chi connectivity index (χ0) is 12.3. The van der Waals surface area contributed by atoms with Gasteiger partial charge in [-0.1, -0.05) is 28.1 Å². The minimum atomic E-state index is 0.754. The molecular weight excluding hydrogens is 276 g/mol. The summed E-state index contributed by atoms with van der Waals surface area (Å²) in [6.45, 7) is 4.93. The van der Waals surface area contributed by atoms with Crippen LogP contribution >= 0.6 is 15.9 Å². The fourth-order valence-corrected chi connectivity index (χ4v) is 2.03. The molecule has 2 rings (SSSR count). The molecule has 2 nitrogen and oxygen atoms in total. The third-order valence-electron chi connectivity index (χ3n) is 2.76. The van der Waals surface area contributed by atoms with Crippen molar-refractivity contribution in [3.63, 3.8) is 0 Å². The molecule has 1 heterocycles. The van der Waals surface area contributed by atoms with E-state index in [1.165, 1.54) is 11.1 Å². The Morgan fingerprint density at radius 1 is 1.18 bits per heavy atom. The molecule has 0 amide bonds. The molecule has 3 heteroatoms.